The molecule has 22 heavy (non-hydrogen) atoms. The van der Waals surface area contributed by atoms with Crippen LogP contribution in [-0.2, 0) is 16.1 Å². The van der Waals surface area contributed by atoms with Gasteiger partial charge >= 0.3 is 123 Å². The van der Waals surface area contributed by atoms with Crippen LogP contribution in [0.4, 0.5) is 0 Å². The number of allylic oxidation sites excluding steroid dienone is 4. The van der Waals surface area contributed by atoms with Crippen LogP contribution < -0.4 is 0 Å². The fraction of sp³-hybridized carbons (Fsp3) is 0.778. The van der Waals surface area contributed by atoms with Crippen LogP contribution in [0.2, 0.25) is 23.2 Å². The zero-order chi connectivity index (χ0) is 16.4. The van der Waals surface area contributed by atoms with Crippen molar-refractivity contribution in [2.75, 3.05) is 0 Å². The van der Waals surface area contributed by atoms with E-state index in [1.807, 2.05) is 0 Å². The van der Waals surface area contributed by atoms with Gasteiger partial charge in [0.25, 0.3) is 0 Å². The van der Waals surface area contributed by atoms with Crippen LogP contribution in [-0.4, -0.2) is 13.9 Å². The number of halogens is 2. The summed E-state index contributed by atoms with van der Waals surface area (Å²) in [6.45, 7) is 14.2. The maximum Gasteiger partial charge on any atom is -0.147 e. The quantitative estimate of drug-likeness (QED) is 0.437. The van der Waals surface area contributed by atoms with E-state index in [2.05, 4.69) is 85.8 Å². The summed E-state index contributed by atoms with van der Waals surface area (Å²) in [4.78, 5) is 0. The molecular weight excluding hydrogens is 392 g/mol. The third-order valence-corrected chi connectivity index (χ3v) is 23.9. The van der Waals surface area contributed by atoms with Crippen molar-refractivity contribution < 1.29 is 16.1 Å². The van der Waals surface area contributed by atoms with Crippen molar-refractivity contribution in [1.82, 2.24) is 2.84 Å². The van der Waals surface area contributed by atoms with Gasteiger partial charge in [-0.1, -0.05) is 0 Å². The summed E-state index contributed by atoms with van der Waals surface area (Å²) >= 11 is -4.22. The first-order valence-electron chi connectivity index (χ1n) is 8.14. The third kappa shape index (κ3) is 4.30. The summed E-state index contributed by atoms with van der Waals surface area (Å²) in [5.41, 5.74) is 0.260. The predicted octanol–water partition coefficient (Wildman–Crippen LogP) is 7.49. The van der Waals surface area contributed by atoms with Crippen LogP contribution >= 0.6 is 24.8 Å². The second-order valence-electron chi connectivity index (χ2n) is 13.5. The van der Waals surface area contributed by atoms with E-state index >= 15 is 0 Å². The molecular formula is C18H40Cl2NZr. The first kappa shape index (κ1) is 25.1. The fourth-order valence-corrected chi connectivity index (χ4v) is 30.6. The zero-order valence-corrected chi connectivity index (χ0v) is 20.8. The Bertz CT molecular complexity index is 486. The standard InChI is InChI=1S/C8H18N.C5H5.5CH3.2ClH.Zr/c1-7(2,3)9-8(4,5)6;1-2-4-5-3-1;;;;;;;;/h1-6H3;1-3H,4H2;5*1H3;2*1H;/q-1;;;;;;;;;+1. The van der Waals surface area contributed by atoms with E-state index in [0.29, 0.717) is 0 Å². The molecule has 135 valence electrons. The smallest absolute Gasteiger partial charge is 0.147 e. The van der Waals surface area contributed by atoms with Crippen molar-refractivity contribution in [3.05, 3.63) is 21.5 Å². The summed E-state index contributed by atoms with van der Waals surface area (Å²) in [5, 5.41) is 0. The SMILES string of the molecule is CC(C)(C)[N](C(C)(C)C)[Zr]([CH3])([CH3])([CH3])([CH3])([CH3])[C]1=CC=CC1.Cl.Cl. The normalized spacial score (nSPS) is 20.9. The zero-order valence-electron chi connectivity index (χ0n) is 16.7. The summed E-state index contributed by atoms with van der Waals surface area (Å²) in [7, 11) is 0. The first-order valence-corrected chi connectivity index (χ1v) is 22.8. The molecule has 0 bridgehead atoms. The monoisotopic (exact) mass is 430 g/mol. The Morgan fingerprint density at radius 2 is 1.18 bits per heavy atom. The van der Waals surface area contributed by atoms with Crippen molar-refractivity contribution in [3.8, 4) is 0 Å². The van der Waals surface area contributed by atoms with Gasteiger partial charge in [-0.3, -0.25) is 0 Å². The molecule has 0 N–H and O–H groups in total. The molecule has 0 radical (unpaired) electrons. The molecule has 0 aliphatic heterocycles. The Morgan fingerprint density at radius 3 is 1.41 bits per heavy atom. The second-order valence-corrected chi connectivity index (χ2v) is 52.9. The van der Waals surface area contributed by atoms with Crippen LogP contribution in [0.15, 0.2) is 21.5 Å². The molecule has 0 saturated heterocycles. The molecule has 0 aromatic rings. The average Bonchev–Trinajstić information content (AvgIpc) is 2.41. The van der Waals surface area contributed by atoms with Gasteiger partial charge in [-0.2, -0.15) is 0 Å². The van der Waals surface area contributed by atoms with Gasteiger partial charge in [0.15, 0.2) is 0 Å². The van der Waals surface area contributed by atoms with E-state index < -0.39 is 16.1 Å². The van der Waals surface area contributed by atoms with Gasteiger partial charge in [0.05, 0.1) is 0 Å². The molecule has 0 amide bonds. The minimum absolute atomic E-state index is 0. The van der Waals surface area contributed by atoms with E-state index in [1.54, 1.807) is 3.28 Å². The average molecular weight is 433 g/mol. The molecule has 0 aromatic heterocycles. The van der Waals surface area contributed by atoms with Crippen molar-refractivity contribution in [1.29, 1.82) is 0 Å². The first-order chi connectivity index (χ1) is 8.22. The van der Waals surface area contributed by atoms with E-state index in [9.17, 15) is 0 Å². The Hall–Kier alpha value is 0.903. The Labute approximate surface area is 146 Å². The van der Waals surface area contributed by atoms with Gasteiger partial charge in [0.1, 0.15) is 0 Å². The van der Waals surface area contributed by atoms with Gasteiger partial charge in [0.2, 0.25) is 0 Å². The van der Waals surface area contributed by atoms with Crippen LogP contribution in [0, 0.1) is 0 Å². The summed E-state index contributed by atoms with van der Waals surface area (Å²) in [6, 6.07) is 0. The fourth-order valence-electron chi connectivity index (χ4n) is 6.30. The minimum Gasteiger partial charge on any atom is -0.147 e. The van der Waals surface area contributed by atoms with Crippen LogP contribution in [0.1, 0.15) is 48.0 Å². The van der Waals surface area contributed by atoms with Crippen LogP contribution in [0.25, 0.3) is 0 Å². The van der Waals surface area contributed by atoms with Gasteiger partial charge in [-0.05, 0) is 0 Å². The number of hydrogen-bond acceptors (Lipinski definition) is 1. The summed E-state index contributed by atoms with van der Waals surface area (Å²) in [6.07, 6.45) is 8.07. The summed E-state index contributed by atoms with van der Waals surface area (Å²) < 4.78 is 17.6. The largest absolute Gasteiger partial charge is 0.147 e. The molecule has 0 heterocycles. The van der Waals surface area contributed by atoms with Crippen LogP contribution in [0.5, 0.6) is 0 Å². The molecule has 0 atom stereocenters. The molecule has 4 heteroatoms. The van der Waals surface area contributed by atoms with Gasteiger partial charge in [-0.25, -0.2) is 0 Å². The maximum absolute atomic E-state index is 4.22. The Morgan fingerprint density at radius 1 is 0.818 bits per heavy atom. The molecule has 0 unspecified atom stereocenters. The molecule has 1 rings (SSSR count). The Balaban J connectivity index is 0. The predicted molar refractivity (Wildman–Crippen MR) is 107 cm³/mol. The topological polar surface area (TPSA) is 3.24 Å². The molecule has 0 saturated carbocycles. The van der Waals surface area contributed by atoms with E-state index in [0.717, 1.165) is 6.42 Å². The van der Waals surface area contributed by atoms with E-state index in [4.69, 9.17) is 0 Å². The van der Waals surface area contributed by atoms with Crippen LogP contribution in [0.3, 0.4) is 0 Å². The Kier molecular flexibility index (Phi) is 5.68. The minimum atomic E-state index is -4.22. The van der Waals surface area contributed by atoms with E-state index in [-0.39, 0.29) is 35.9 Å². The second kappa shape index (κ2) is 4.97. The van der Waals surface area contributed by atoms with Gasteiger partial charge in [-0.15, -0.1) is 24.8 Å². The summed E-state index contributed by atoms with van der Waals surface area (Å²) in [5.74, 6) is 0. The molecule has 0 fully saturated rings. The number of rotatable bonds is 2. The third-order valence-electron chi connectivity index (χ3n) is 5.09. The van der Waals surface area contributed by atoms with Gasteiger partial charge in [0, 0.05) is 0 Å². The number of nitrogens with zero attached hydrogens (tertiary/aromatic N) is 1. The molecule has 0 aromatic carbocycles. The number of hydrogen-bond donors (Lipinski definition) is 0. The van der Waals surface area contributed by atoms with E-state index in [1.165, 1.54) is 0 Å². The van der Waals surface area contributed by atoms with Gasteiger partial charge < -0.3 is 0 Å². The molecule has 1 aliphatic carbocycles. The van der Waals surface area contributed by atoms with Crippen molar-refractivity contribution in [2.24, 2.45) is 0 Å². The van der Waals surface area contributed by atoms with Crippen molar-refractivity contribution in [2.45, 2.75) is 82.2 Å². The maximum atomic E-state index is 2.88. The molecule has 1 nitrogen and oxygen atoms in total. The molecule has 0 spiro atoms. The van der Waals surface area contributed by atoms with Crippen molar-refractivity contribution in [3.63, 3.8) is 0 Å². The molecule has 1 aliphatic rings. The van der Waals surface area contributed by atoms with Crippen molar-refractivity contribution >= 4 is 24.8 Å².